The molecule has 5 rings (SSSR count). The largest absolute Gasteiger partial charge is 0.488 e. The van der Waals surface area contributed by atoms with Crippen LogP contribution in [0.4, 0.5) is 0 Å². The normalized spacial score (nSPS) is 26.8. The second kappa shape index (κ2) is 8.50. The SMILES string of the molecule is CCC1OC(c2ccc(Cl)c(Cc3ccc4c(c3)-c3[nH]ncc3CO4)c2)C(O)C(O)C1O. The topological polar surface area (TPSA) is 108 Å². The number of aliphatic hydroxyl groups is 3. The van der Waals surface area contributed by atoms with Gasteiger partial charge in [-0.2, -0.15) is 5.10 Å². The average Bonchev–Trinajstić information content (AvgIpc) is 3.29. The standard InChI is InChI=1S/C24H25ClN2O5/c1-2-18-21(28)22(29)23(30)24(32-18)13-4-5-17(25)14(9-13)7-12-3-6-19-16(8-12)20-15(11-31-19)10-26-27-20/h3-6,8-10,18,21-24,28-30H,2,7,11H2,1H3,(H,26,27). The number of H-pyrrole nitrogens is 1. The summed E-state index contributed by atoms with van der Waals surface area (Å²) in [6.45, 7) is 2.36. The van der Waals surface area contributed by atoms with E-state index in [0.717, 1.165) is 33.7 Å². The van der Waals surface area contributed by atoms with Crippen LogP contribution in [0.3, 0.4) is 0 Å². The van der Waals surface area contributed by atoms with Crippen LogP contribution >= 0.6 is 11.6 Å². The van der Waals surface area contributed by atoms with Crippen molar-refractivity contribution in [3.63, 3.8) is 0 Å². The Bertz CT molecular complexity index is 1130. The second-order valence-electron chi connectivity index (χ2n) is 8.39. The van der Waals surface area contributed by atoms with Gasteiger partial charge < -0.3 is 24.8 Å². The molecule has 4 N–H and O–H groups in total. The van der Waals surface area contributed by atoms with Gasteiger partial charge in [0.25, 0.3) is 0 Å². The number of hydrogen-bond acceptors (Lipinski definition) is 6. The number of fused-ring (bicyclic) bond motifs is 3. The maximum atomic E-state index is 10.5. The lowest BCUT2D eigenvalue weighted by molar-refractivity contribution is -0.225. The Morgan fingerprint density at radius 3 is 2.75 bits per heavy atom. The molecule has 0 aliphatic carbocycles. The van der Waals surface area contributed by atoms with Crippen molar-refractivity contribution in [3.05, 3.63) is 69.9 Å². The highest BCUT2D eigenvalue weighted by molar-refractivity contribution is 6.31. The molecule has 2 aliphatic rings. The van der Waals surface area contributed by atoms with Gasteiger partial charge in [0.1, 0.15) is 36.8 Å². The minimum absolute atomic E-state index is 0.495. The Kier molecular flexibility index (Phi) is 5.69. The Labute approximate surface area is 190 Å². The third-order valence-electron chi connectivity index (χ3n) is 6.32. The molecule has 5 unspecified atom stereocenters. The van der Waals surface area contributed by atoms with Crippen LogP contribution < -0.4 is 4.74 Å². The van der Waals surface area contributed by atoms with Crippen LogP contribution in [0.15, 0.2) is 42.6 Å². The van der Waals surface area contributed by atoms with Gasteiger partial charge in [0.2, 0.25) is 0 Å². The first-order valence-electron chi connectivity index (χ1n) is 10.7. The molecule has 1 saturated heterocycles. The molecule has 0 amide bonds. The average molecular weight is 457 g/mol. The molecule has 1 aromatic heterocycles. The van der Waals surface area contributed by atoms with Crippen LogP contribution in [0, 0.1) is 0 Å². The lowest BCUT2D eigenvalue weighted by Gasteiger charge is -2.40. The molecule has 0 spiro atoms. The fourth-order valence-electron chi connectivity index (χ4n) is 4.51. The monoisotopic (exact) mass is 456 g/mol. The van der Waals surface area contributed by atoms with Crippen LogP contribution in [0.1, 0.15) is 41.7 Å². The molecule has 168 valence electrons. The summed E-state index contributed by atoms with van der Waals surface area (Å²) in [5.74, 6) is 0.808. The van der Waals surface area contributed by atoms with Crippen molar-refractivity contribution in [2.75, 3.05) is 0 Å². The zero-order valence-electron chi connectivity index (χ0n) is 17.5. The van der Waals surface area contributed by atoms with E-state index in [9.17, 15) is 15.3 Å². The van der Waals surface area contributed by atoms with Crippen molar-refractivity contribution in [3.8, 4) is 17.0 Å². The van der Waals surface area contributed by atoms with Gasteiger partial charge in [-0.15, -0.1) is 0 Å². The highest BCUT2D eigenvalue weighted by Crippen LogP contribution is 2.38. The fraction of sp³-hybridized carbons (Fsp3) is 0.375. The van der Waals surface area contributed by atoms with Crippen molar-refractivity contribution in [2.24, 2.45) is 0 Å². The number of nitrogens with zero attached hydrogens (tertiary/aromatic N) is 1. The maximum absolute atomic E-state index is 10.5. The molecule has 5 atom stereocenters. The first-order chi connectivity index (χ1) is 15.5. The van der Waals surface area contributed by atoms with E-state index >= 15 is 0 Å². The minimum Gasteiger partial charge on any atom is -0.488 e. The van der Waals surface area contributed by atoms with Crippen LogP contribution in [-0.4, -0.2) is 49.9 Å². The molecule has 1 fully saturated rings. The van der Waals surface area contributed by atoms with Gasteiger partial charge in [-0.1, -0.05) is 36.7 Å². The quantitative estimate of drug-likeness (QED) is 0.480. The summed E-state index contributed by atoms with van der Waals surface area (Å²) in [6, 6.07) is 11.5. The molecule has 0 bridgehead atoms. The molecule has 3 aromatic rings. The molecule has 7 nitrogen and oxygen atoms in total. The summed E-state index contributed by atoms with van der Waals surface area (Å²) in [6.07, 6.45) is -2.08. The molecule has 3 heterocycles. The van der Waals surface area contributed by atoms with E-state index in [1.165, 1.54) is 0 Å². The van der Waals surface area contributed by atoms with Gasteiger partial charge in [-0.3, -0.25) is 5.10 Å². The number of halogens is 1. The first kappa shape index (κ1) is 21.4. The van der Waals surface area contributed by atoms with Crippen molar-refractivity contribution in [2.45, 2.75) is 56.9 Å². The molecule has 0 radical (unpaired) electrons. The van der Waals surface area contributed by atoms with E-state index in [1.807, 2.05) is 25.1 Å². The Balaban J connectivity index is 1.44. The number of benzene rings is 2. The van der Waals surface area contributed by atoms with E-state index in [4.69, 9.17) is 21.1 Å². The van der Waals surface area contributed by atoms with Gasteiger partial charge in [-0.25, -0.2) is 0 Å². The van der Waals surface area contributed by atoms with Gasteiger partial charge in [-0.05, 0) is 47.7 Å². The minimum atomic E-state index is -1.28. The maximum Gasteiger partial charge on any atom is 0.129 e. The number of hydrogen-bond donors (Lipinski definition) is 4. The molecular weight excluding hydrogens is 432 g/mol. The van der Waals surface area contributed by atoms with Gasteiger partial charge in [0.05, 0.1) is 18.0 Å². The number of aromatic nitrogens is 2. The fourth-order valence-corrected chi connectivity index (χ4v) is 4.69. The zero-order chi connectivity index (χ0) is 22.4. The Hall–Kier alpha value is -2.42. The summed E-state index contributed by atoms with van der Waals surface area (Å²) in [4.78, 5) is 0. The number of aliphatic hydroxyl groups excluding tert-OH is 3. The van der Waals surface area contributed by atoms with Gasteiger partial charge in [0, 0.05) is 16.1 Å². The van der Waals surface area contributed by atoms with Crippen LogP contribution in [0.25, 0.3) is 11.3 Å². The van der Waals surface area contributed by atoms with E-state index < -0.39 is 30.5 Å². The van der Waals surface area contributed by atoms with E-state index in [0.29, 0.717) is 30.0 Å². The summed E-state index contributed by atoms with van der Waals surface area (Å²) in [5.41, 5.74) is 5.56. The number of rotatable bonds is 4. The number of nitrogens with one attached hydrogen (secondary N) is 1. The zero-order valence-corrected chi connectivity index (χ0v) is 18.3. The van der Waals surface area contributed by atoms with Crippen molar-refractivity contribution in [1.29, 1.82) is 0 Å². The predicted octanol–water partition coefficient (Wildman–Crippen LogP) is 3.15. The number of aromatic amines is 1. The molecule has 32 heavy (non-hydrogen) atoms. The molecule has 2 aliphatic heterocycles. The second-order valence-corrected chi connectivity index (χ2v) is 8.80. The third-order valence-corrected chi connectivity index (χ3v) is 6.69. The van der Waals surface area contributed by atoms with Crippen LogP contribution in [0.2, 0.25) is 5.02 Å². The van der Waals surface area contributed by atoms with E-state index in [2.05, 4.69) is 16.3 Å². The van der Waals surface area contributed by atoms with E-state index in [-0.39, 0.29) is 0 Å². The number of ether oxygens (including phenoxy) is 2. The predicted molar refractivity (Wildman–Crippen MR) is 119 cm³/mol. The first-order valence-corrected chi connectivity index (χ1v) is 11.1. The third kappa shape index (κ3) is 3.70. The lowest BCUT2D eigenvalue weighted by atomic mass is 9.89. The lowest BCUT2D eigenvalue weighted by Crippen LogP contribution is -2.53. The Morgan fingerprint density at radius 1 is 1.09 bits per heavy atom. The van der Waals surface area contributed by atoms with Crippen molar-refractivity contribution < 1.29 is 24.8 Å². The summed E-state index contributed by atoms with van der Waals surface area (Å²) >= 11 is 6.50. The van der Waals surface area contributed by atoms with Gasteiger partial charge in [0.15, 0.2) is 0 Å². The molecule has 2 aromatic carbocycles. The Morgan fingerprint density at radius 2 is 1.94 bits per heavy atom. The van der Waals surface area contributed by atoms with Crippen molar-refractivity contribution >= 4 is 11.6 Å². The summed E-state index contributed by atoms with van der Waals surface area (Å²) in [7, 11) is 0. The highest BCUT2D eigenvalue weighted by Gasteiger charge is 2.43. The smallest absolute Gasteiger partial charge is 0.129 e. The summed E-state index contributed by atoms with van der Waals surface area (Å²) < 4.78 is 11.7. The van der Waals surface area contributed by atoms with E-state index in [1.54, 1.807) is 18.3 Å². The van der Waals surface area contributed by atoms with Crippen LogP contribution in [0.5, 0.6) is 5.75 Å². The highest BCUT2D eigenvalue weighted by atomic mass is 35.5. The summed E-state index contributed by atoms with van der Waals surface area (Å²) in [5, 5.41) is 38.7. The van der Waals surface area contributed by atoms with Gasteiger partial charge >= 0.3 is 0 Å². The molecule has 8 heteroatoms. The van der Waals surface area contributed by atoms with Crippen molar-refractivity contribution in [1.82, 2.24) is 10.2 Å². The molecular formula is C24H25ClN2O5. The van der Waals surface area contributed by atoms with Crippen LogP contribution in [-0.2, 0) is 17.8 Å². The molecule has 0 saturated carbocycles.